The summed E-state index contributed by atoms with van der Waals surface area (Å²) in [5.41, 5.74) is -1.12. The second-order valence-electron chi connectivity index (χ2n) is 7.47. The fourth-order valence-corrected chi connectivity index (χ4v) is 4.11. The molecular weight excluding hydrogens is 310 g/mol. The number of aliphatic hydroxyl groups is 1. The predicted molar refractivity (Wildman–Crippen MR) is 87.1 cm³/mol. The second-order valence-corrected chi connectivity index (χ2v) is 7.47. The minimum absolute atomic E-state index is 0.113. The lowest BCUT2D eigenvalue weighted by atomic mass is 9.85. The van der Waals surface area contributed by atoms with E-state index in [1.165, 1.54) is 6.92 Å². The number of esters is 2. The molecule has 6 nitrogen and oxygen atoms in total. The van der Waals surface area contributed by atoms with E-state index in [0.717, 1.165) is 25.9 Å². The number of nitrogens with zero attached hydrogens (tertiary/aromatic N) is 1. The molecule has 5 atom stereocenters. The Morgan fingerprint density at radius 3 is 2.71 bits per heavy atom. The van der Waals surface area contributed by atoms with Crippen molar-refractivity contribution in [2.24, 2.45) is 11.8 Å². The maximum Gasteiger partial charge on any atom is 0.338 e. The largest absolute Gasteiger partial charge is 0.463 e. The molecule has 3 fully saturated rings. The van der Waals surface area contributed by atoms with Crippen LogP contribution in [0.25, 0.3) is 0 Å². The summed E-state index contributed by atoms with van der Waals surface area (Å²) >= 11 is 0. The van der Waals surface area contributed by atoms with Crippen LogP contribution in [0.3, 0.4) is 0 Å². The summed E-state index contributed by atoms with van der Waals surface area (Å²) in [6, 6.07) is 0.113. The third-order valence-corrected chi connectivity index (χ3v) is 5.97. The van der Waals surface area contributed by atoms with Gasteiger partial charge in [-0.05, 0) is 45.6 Å². The first-order valence-corrected chi connectivity index (χ1v) is 8.84. The van der Waals surface area contributed by atoms with Gasteiger partial charge in [0.15, 0.2) is 5.60 Å². The van der Waals surface area contributed by atoms with E-state index >= 15 is 0 Å². The molecule has 3 rings (SSSR count). The fourth-order valence-electron chi connectivity index (χ4n) is 4.11. The van der Waals surface area contributed by atoms with Crippen molar-refractivity contribution in [1.29, 1.82) is 0 Å². The average Bonchev–Trinajstić information content (AvgIpc) is 3.12. The van der Waals surface area contributed by atoms with E-state index in [-0.39, 0.29) is 37.1 Å². The van der Waals surface area contributed by atoms with Gasteiger partial charge in [-0.15, -0.1) is 0 Å². The number of hydrogen-bond acceptors (Lipinski definition) is 6. The SMILES string of the molecule is CC=C1C[C@@H](C)[C@@](C)(O)C(=O)OC[C@H]2CCN3CC[C@@H](OC1=O)[C@H]23. The normalized spacial score (nSPS) is 42.9. The molecule has 0 aromatic carbocycles. The summed E-state index contributed by atoms with van der Waals surface area (Å²) in [5.74, 6) is -1.23. The first-order chi connectivity index (χ1) is 11.3. The van der Waals surface area contributed by atoms with E-state index in [4.69, 9.17) is 9.47 Å². The van der Waals surface area contributed by atoms with Gasteiger partial charge < -0.3 is 14.6 Å². The molecule has 0 aromatic heterocycles. The highest BCUT2D eigenvalue weighted by Crippen LogP contribution is 2.36. The van der Waals surface area contributed by atoms with Gasteiger partial charge >= 0.3 is 11.9 Å². The number of ether oxygens (including phenoxy) is 2. The molecule has 3 saturated heterocycles. The fraction of sp³-hybridized carbons (Fsp3) is 0.778. The highest BCUT2D eigenvalue weighted by atomic mass is 16.6. The molecule has 24 heavy (non-hydrogen) atoms. The third kappa shape index (κ3) is 2.97. The van der Waals surface area contributed by atoms with Crippen LogP contribution in [-0.4, -0.2) is 59.4 Å². The molecule has 0 aromatic rings. The van der Waals surface area contributed by atoms with Crippen LogP contribution in [0.4, 0.5) is 0 Å². The van der Waals surface area contributed by atoms with Crippen molar-refractivity contribution in [3.63, 3.8) is 0 Å². The highest BCUT2D eigenvalue weighted by Gasteiger charge is 2.48. The van der Waals surface area contributed by atoms with Crippen molar-refractivity contribution >= 4 is 11.9 Å². The van der Waals surface area contributed by atoms with Crippen LogP contribution in [0.2, 0.25) is 0 Å². The molecule has 0 bridgehead atoms. The Labute approximate surface area is 142 Å². The minimum atomic E-state index is -1.62. The Balaban J connectivity index is 1.89. The Morgan fingerprint density at radius 1 is 1.29 bits per heavy atom. The van der Waals surface area contributed by atoms with Crippen LogP contribution in [-0.2, 0) is 19.1 Å². The van der Waals surface area contributed by atoms with E-state index in [1.54, 1.807) is 19.9 Å². The van der Waals surface area contributed by atoms with Gasteiger partial charge in [0.25, 0.3) is 0 Å². The van der Waals surface area contributed by atoms with Gasteiger partial charge in [0, 0.05) is 18.0 Å². The number of cyclic esters (lactones) is 1. The lowest BCUT2D eigenvalue weighted by molar-refractivity contribution is -0.172. The van der Waals surface area contributed by atoms with Crippen LogP contribution in [0.5, 0.6) is 0 Å². The van der Waals surface area contributed by atoms with Crippen molar-refractivity contribution in [3.8, 4) is 0 Å². The molecule has 0 aliphatic carbocycles. The first kappa shape index (κ1) is 17.4. The zero-order valence-corrected chi connectivity index (χ0v) is 14.7. The summed E-state index contributed by atoms with van der Waals surface area (Å²) in [5, 5.41) is 10.6. The molecule has 3 heterocycles. The van der Waals surface area contributed by atoms with E-state index < -0.39 is 17.5 Å². The standard InChI is InChI=1S/C18H27NO5/c1-4-12-9-11(2)18(3,22)17(21)23-10-13-5-7-19-8-6-14(15(13)19)24-16(12)20/h4,11,13-15,22H,5-10H2,1-3H3/t11-,13-,14-,15+,18-/m1/s1. The number of carbonyl (C=O) groups is 2. The number of rotatable bonds is 0. The van der Waals surface area contributed by atoms with Crippen LogP contribution in [0, 0.1) is 11.8 Å². The van der Waals surface area contributed by atoms with Gasteiger partial charge in [-0.2, -0.15) is 0 Å². The molecule has 6 heteroatoms. The van der Waals surface area contributed by atoms with E-state index in [0.29, 0.717) is 5.57 Å². The number of hydrogen-bond donors (Lipinski definition) is 1. The van der Waals surface area contributed by atoms with Gasteiger partial charge in [-0.3, -0.25) is 4.90 Å². The lowest BCUT2D eigenvalue weighted by Gasteiger charge is -2.32. The van der Waals surface area contributed by atoms with Crippen molar-refractivity contribution < 1.29 is 24.2 Å². The van der Waals surface area contributed by atoms with Crippen molar-refractivity contribution in [3.05, 3.63) is 11.6 Å². The highest BCUT2D eigenvalue weighted by molar-refractivity contribution is 5.89. The van der Waals surface area contributed by atoms with E-state index in [1.807, 2.05) is 0 Å². The summed E-state index contributed by atoms with van der Waals surface area (Å²) in [7, 11) is 0. The maximum atomic E-state index is 12.6. The van der Waals surface area contributed by atoms with E-state index in [9.17, 15) is 14.7 Å². The second kappa shape index (κ2) is 6.48. The molecular formula is C18H27NO5. The minimum Gasteiger partial charge on any atom is -0.463 e. The smallest absolute Gasteiger partial charge is 0.338 e. The maximum absolute atomic E-state index is 12.6. The molecule has 0 unspecified atom stereocenters. The summed E-state index contributed by atoms with van der Waals surface area (Å²) in [4.78, 5) is 27.3. The quantitative estimate of drug-likeness (QED) is 0.530. The number of carbonyl (C=O) groups excluding carboxylic acids is 2. The summed E-state index contributed by atoms with van der Waals surface area (Å²) < 4.78 is 11.3. The van der Waals surface area contributed by atoms with Gasteiger partial charge in [0.1, 0.15) is 6.10 Å². The van der Waals surface area contributed by atoms with Crippen LogP contribution >= 0.6 is 0 Å². The average molecular weight is 337 g/mol. The predicted octanol–water partition coefficient (Wildman–Crippen LogP) is 1.27. The van der Waals surface area contributed by atoms with Gasteiger partial charge in [-0.1, -0.05) is 13.0 Å². The summed E-state index contributed by atoms with van der Waals surface area (Å²) in [6.07, 6.45) is 3.59. The van der Waals surface area contributed by atoms with Crippen molar-refractivity contribution in [2.45, 2.75) is 57.8 Å². The third-order valence-electron chi connectivity index (χ3n) is 5.97. The molecule has 0 saturated carbocycles. The van der Waals surface area contributed by atoms with Gasteiger partial charge in [0.2, 0.25) is 0 Å². The molecule has 1 N–H and O–H groups in total. The number of allylic oxidation sites excluding steroid dienone is 1. The lowest BCUT2D eigenvalue weighted by Crippen LogP contribution is -2.46. The molecule has 3 aliphatic rings. The van der Waals surface area contributed by atoms with Crippen molar-refractivity contribution in [1.82, 2.24) is 4.90 Å². The summed E-state index contributed by atoms with van der Waals surface area (Å²) in [6.45, 7) is 7.11. The molecule has 134 valence electrons. The Kier molecular flexibility index (Phi) is 4.71. The van der Waals surface area contributed by atoms with Crippen LogP contribution in [0.15, 0.2) is 11.6 Å². The topological polar surface area (TPSA) is 76.1 Å². The van der Waals surface area contributed by atoms with Crippen LogP contribution < -0.4 is 0 Å². The van der Waals surface area contributed by atoms with Crippen molar-refractivity contribution in [2.75, 3.05) is 19.7 Å². The Morgan fingerprint density at radius 2 is 2.00 bits per heavy atom. The molecule has 0 radical (unpaired) electrons. The van der Waals surface area contributed by atoms with Crippen LogP contribution in [0.1, 0.15) is 40.0 Å². The molecule has 0 spiro atoms. The van der Waals surface area contributed by atoms with Gasteiger partial charge in [0.05, 0.1) is 12.6 Å². The molecule has 0 amide bonds. The zero-order chi connectivity index (χ0) is 17.5. The Hall–Kier alpha value is -1.40. The van der Waals surface area contributed by atoms with E-state index in [2.05, 4.69) is 4.90 Å². The first-order valence-electron chi connectivity index (χ1n) is 8.84. The van der Waals surface area contributed by atoms with Gasteiger partial charge in [-0.25, -0.2) is 9.59 Å². The monoisotopic (exact) mass is 337 g/mol. The molecule has 3 aliphatic heterocycles. The Bertz CT molecular complexity index is 556. The zero-order valence-electron chi connectivity index (χ0n) is 14.7.